The average Bonchev–Trinajstić information content (AvgIpc) is 3.73. The first kappa shape index (κ1) is 33.6. The van der Waals surface area contributed by atoms with Crippen LogP contribution in [0.25, 0.3) is 16.7 Å². The van der Waals surface area contributed by atoms with E-state index in [2.05, 4.69) is 66.1 Å². The highest BCUT2D eigenvalue weighted by molar-refractivity contribution is 6.11. The largest absolute Gasteiger partial charge is 0.324 e. The average molecular weight is 671 g/mol. The molecule has 0 aliphatic rings. The summed E-state index contributed by atoms with van der Waals surface area (Å²) in [5, 5.41) is 38.3. The van der Waals surface area contributed by atoms with Gasteiger partial charge in [0, 0.05) is 36.2 Å². The van der Waals surface area contributed by atoms with Gasteiger partial charge in [0.15, 0.2) is 23.2 Å². The van der Waals surface area contributed by atoms with Gasteiger partial charge in [-0.05, 0) is 50.2 Å². The van der Waals surface area contributed by atoms with Crippen molar-refractivity contribution in [3.63, 3.8) is 0 Å². The summed E-state index contributed by atoms with van der Waals surface area (Å²) in [6.45, 7) is 9.69. The highest BCUT2D eigenvalue weighted by Gasteiger charge is 2.26. The second kappa shape index (κ2) is 15.2. The first-order chi connectivity index (χ1) is 24.2. The van der Waals surface area contributed by atoms with E-state index in [1.165, 1.54) is 61.4 Å². The molecular weight excluding hydrogens is 648 g/mol. The topological polar surface area (TPSA) is 257 Å². The fourth-order valence-corrected chi connectivity index (χ4v) is 4.04. The molecular formula is C30H22N16O4. The van der Waals surface area contributed by atoms with Crippen LogP contribution in [-0.4, -0.2) is 75.0 Å². The van der Waals surface area contributed by atoms with E-state index in [-0.39, 0.29) is 46.2 Å². The number of nitrogens with zero attached hydrogens (tertiary/aromatic N) is 14. The van der Waals surface area contributed by atoms with Crippen molar-refractivity contribution in [3.8, 4) is 18.0 Å². The summed E-state index contributed by atoms with van der Waals surface area (Å²) in [6, 6.07) is 7.64. The molecule has 5 aromatic rings. The van der Waals surface area contributed by atoms with Crippen LogP contribution < -0.4 is 10.6 Å². The number of nitriles is 1. The van der Waals surface area contributed by atoms with Gasteiger partial charge >= 0.3 is 0 Å². The Balaban J connectivity index is 1.27. The second-order valence-corrected chi connectivity index (χ2v) is 9.89. The molecule has 20 heteroatoms. The number of benzene rings is 1. The highest BCUT2D eigenvalue weighted by atomic mass is 16.2. The van der Waals surface area contributed by atoms with Gasteiger partial charge < -0.3 is 10.6 Å². The number of Topliss-reactive ketones (excluding diaryl/α,β-unsaturated/α-hetero) is 2. The maximum Gasteiger partial charge on any atom is 0.258 e. The van der Waals surface area contributed by atoms with Crippen LogP contribution in [0.2, 0.25) is 0 Å². The van der Waals surface area contributed by atoms with Crippen molar-refractivity contribution in [1.29, 1.82) is 5.26 Å². The van der Waals surface area contributed by atoms with Crippen LogP contribution in [0.4, 0.5) is 28.7 Å². The zero-order valence-corrected chi connectivity index (χ0v) is 26.0. The molecule has 0 aliphatic carbocycles. The van der Waals surface area contributed by atoms with E-state index in [1.807, 2.05) is 6.07 Å². The minimum absolute atomic E-state index is 0.00431. The number of rotatable bonds is 12. The van der Waals surface area contributed by atoms with E-state index in [1.54, 1.807) is 12.1 Å². The summed E-state index contributed by atoms with van der Waals surface area (Å²) in [5.74, 6) is -2.87. The van der Waals surface area contributed by atoms with Crippen molar-refractivity contribution in [1.82, 2.24) is 39.5 Å². The van der Waals surface area contributed by atoms with Crippen LogP contribution in [0, 0.1) is 17.9 Å². The van der Waals surface area contributed by atoms with Gasteiger partial charge in [0.05, 0.1) is 19.0 Å². The minimum Gasteiger partial charge on any atom is -0.324 e. The Bertz CT molecular complexity index is 2040. The van der Waals surface area contributed by atoms with Gasteiger partial charge in [-0.3, -0.25) is 19.2 Å². The lowest BCUT2D eigenvalue weighted by Gasteiger charge is -2.12. The number of carbonyl (C=O) groups excluding carboxylic acids is 4. The monoisotopic (exact) mass is 670 g/mol. The number of nitrogens with one attached hydrogen (secondary N) is 2. The third-order valence-corrected chi connectivity index (χ3v) is 6.42. The van der Waals surface area contributed by atoms with Gasteiger partial charge in [0.1, 0.15) is 11.6 Å². The van der Waals surface area contributed by atoms with E-state index < -0.39 is 35.5 Å². The molecule has 0 spiro atoms. The van der Waals surface area contributed by atoms with E-state index >= 15 is 0 Å². The Kier molecular flexibility index (Phi) is 10.2. The fraction of sp³-hybridized carbons (Fsp3) is 0.133. The second-order valence-electron chi connectivity index (χ2n) is 9.89. The summed E-state index contributed by atoms with van der Waals surface area (Å²) in [6.07, 6.45) is 8.29. The smallest absolute Gasteiger partial charge is 0.258 e. The molecule has 2 amide bonds. The predicted molar refractivity (Wildman–Crippen MR) is 171 cm³/mol. The molecule has 0 saturated carbocycles. The Morgan fingerprint density at radius 1 is 0.760 bits per heavy atom. The number of anilines is 2. The quantitative estimate of drug-likeness (QED) is 0.110. The lowest BCUT2D eigenvalue weighted by Crippen LogP contribution is -2.32. The number of hydrogen-bond donors (Lipinski definition) is 2. The van der Waals surface area contributed by atoms with Gasteiger partial charge in [-0.2, -0.15) is 35.1 Å². The Morgan fingerprint density at radius 2 is 1.20 bits per heavy atom. The first-order valence-electron chi connectivity index (χ1n) is 14.2. The van der Waals surface area contributed by atoms with Gasteiger partial charge in [0.25, 0.3) is 29.4 Å². The predicted octanol–water partition coefficient (Wildman–Crippen LogP) is 3.42. The number of hydrogen-bond acceptors (Lipinski definition) is 15. The van der Waals surface area contributed by atoms with Crippen LogP contribution >= 0.6 is 0 Å². The molecule has 246 valence electrons. The Labute approximate surface area is 281 Å². The summed E-state index contributed by atoms with van der Waals surface area (Å²) in [7, 11) is 0. The van der Waals surface area contributed by atoms with Crippen LogP contribution in [0.15, 0.2) is 94.0 Å². The molecule has 0 bridgehead atoms. The molecule has 0 aliphatic heterocycles. The number of carbonyl (C=O) groups is 4. The van der Waals surface area contributed by atoms with Crippen LogP contribution in [0.5, 0.6) is 0 Å². The van der Waals surface area contributed by atoms with E-state index in [0.717, 1.165) is 23.2 Å². The number of aromatic nitrogens is 8. The molecule has 0 saturated heterocycles. The van der Waals surface area contributed by atoms with E-state index in [4.69, 9.17) is 6.57 Å². The molecule has 5 rings (SSSR count). The van der Waals surface area contributed by atoms with Crippen LogP contribution in [0.1, 0.15) is 19.4 Å². The molecule has 4 heterocycles. The molecule has 2 N–H and O–H groups in total. The van der Waals surface area contributed by atoms with Gasteiger partial charge in [-0.25, -0.2) is 24.8 Å². The van der Waals surface area contributed by atoms with Gasteiger partial charge in [0.2, 0.25) is 12.1 Å². The van der Waals surface area contributed by atoms with Gasteiger partial charge in [-0.1, -0.05) is 0 Å². The molecule has 20 nitrogen and oxygen atoms in total. The Morgan fingerprint density at radius 3 is 1.64 bits per heavy atom. The lowest BCUT2D eigenvalue weighted by atomic mass is 10.2. The van der Waals surface area contributed by atoms with Crippen LogP contribution in [0.3, 0.4) is 0 Å². The SMILES string of the molecule is [C-]#[N+]c1cnn(-c2ncccn2)c1N=NC(C(C)=O)C(=O)Nc1ccc(NC(=O)C(N=Nc2c(C#N)cnn2-c2ncccn2)C(C)=O)cc1. The lowest BCUT2D eigenvalue weighted by molar-refractivity contribution is -0.127. The molecule has 2 atom stereocenters. The third kappa shape index (κ3) is 7.62. The third-order valence-electron chi connectivity index (χ3n) is 6.42. The standard InChI is InChI=1S/C30H22N16O4/c1-17(47)23(41-43-25-19(14-31)15-37-45(25)29-33-10-4-11-34-29)27(49)39-20-6-8-21(9-7-20)40-28(50)24(18(2)48)42-44-26-22(32-3)16-38-46(26)30-35-12-5-13-36-30/h4-13,15-16,23-24H,1-2H3,(H,39,49)(H,40,50). The van der Waals surface area contributed by atoms with Crippen molar-refractivity contribution < 1.29 is 19.2 Å². The van der Waals surface area contributed by atoms with E-state index in [9.17, 15) is 24.4 Å². The zero-order chi connectivity index (χ0) is 35.6. The number of azo groups is 2. The first-order valence-corrected chi connectivity index (χ1v) is 14.2. The van der Waals surface area contributed by atoms with Crippen molar-refractivity contribution in [3.05, 3.63) is 90.6 Å². The van der Waals surface area contributed by atoms with Crippen molar-refractivity contribution >= 4 is 52.1 Å². The van der Waals surface area contributed by atoms with Crippen molar-refractivity contribution in [2.75, 3.05) is 10.6 Å². The maximum atomic E-state index is 13.0. The highest BCUT2D eigenvalue weighted by Crippen LogP contribution is 2.30. The maximum absolute atomic E-state index is 13.0. The molecule has 4 aromatic heterocycles. The van der Waals surface area contributed by atoms with Gasteiger partial charge in [-0.15, -0.1) is 10.2 Å². The summed E-state index contributed by atoms with van der Waals surface area (Å²) < 4.78 is 2.29. The normalized spacial score (nSPS) is 12.2. The zero-order valence-electron chi connectivity index (χ0n) is 26.0. The Hall–Kier alpha value is -7.74. The molecule has 2 unspecified atom stereocenters. The number of ketones is 2. The summed E-state index contributed by atoms with van der Waals surface area (Å²) in [4.78, 5) is 70.3. The van der Waals surface area contributed by atoms with E-state index in [0.29, 0.717) is 0 Å². The minimum atomic E-state index is -1.59. The summed E-state index contributed by atoms with van der Waals surface area (Å²) in [5.41, 5.74) is 0.481. The fourth-order valence-electron chi connectivity index (χ4n) is 4.04. The van der Waals surface area contributed by atoms with Crippen molar-refractivity contribution in [2.45, 2.75) is 25.9 Å². The molecule has 1 aromatic carbocycles. The molecule has 0 fully saturated rings. The van der Waals surface area contributed by atoms with Crippen LogP contribution in [-0.2, 0) is 19.2 Å². The molecule has 0 radical (unpaired) electrons. The van der Waals surface area contributed by atoms with Crippen molar-refractivity contribution in [2.24, 2.45) is 20.5 Å². The number of amides is 2. The summed E-state index contributed by atoms with van der Waals surface area (Å²) >= 11 is 0. The molecule has 50 heavy (non-hydrogen) atoms.